The second-order valence-corrected chi connectivity index (χ2v) is 6.52. The van der Waals surface area contributed by atoms with Gasteiger partial charge in [-0.15, -0.1) is 0 Å². The minimum atomic E-state index is -4.52. The van der Waals surface area contributed by atoms with Crippen LogP contribution in [-0.4, -0.2) is 29.9 Å². The molecule has 0 amide bonds. The largest absolute Gasteiger partial charge is 0.421 e. The van der Waals surface area contributed by atoms with Crippen LogP contribution in [0.15, 0.2) is 35.5 Å². The topological polar surface area (TPSA) is 62.2 Å². The van der Waals surface area contributed by atoms with Crippen LogP contribution in [0, 0.1) is 12.8 Å². The van der Waals surface area contributed by atoms with E-state index >= 15 is 0 Å². The van der Waals surface area contributed by atoms with Crippen LogP contribution in [-0.2, 0) is 6.18 Å². The summed E-state index contributed by atoms with van der Waals surface area (Å²) < 4.78 is 38.5. The zero-order valence-corrected chi connectivity index (χ0v) is 17.1. The number of hydrogen-bond acceptors (Lipinski definition) is 4. The van der Waals surface area contributed by atoms with Crippen molar-refractivity contribution in [1.29, 1.82) is 0 Å². The SMILES string of the molecule is CCC(C)C.CN=C(Nc1ncc(C(F)(F)F)c(NC)n1)c1ccccc1C. The number of aliphatic imine (C=N–C) groups is 1. The van der Waals surface area contributed by atoms with Gasteiger partial charge in [0.15, 0.2) is 0 Å². The molecule has 0 saturated carbocycles. The molecule has 0 radical (unpaired) electrons. The van der Waals surface area contributed by atoms with Gasteiger partial charge in [-0.1, -0.05) is 51.5 Å². The minimum absolute atomic E-state index is 0.0335. The van der Waals surface area contributed by atoms with Crippen LogP contribution in [0.3, 0.4) is 0 Å². The van der Waals surface area contributed by atoms with Crippen molar-refractivity contribution < 1.29 is 13.2 Å². The summed E-state index contributed by atoms with van der Waals surface area (Å²) in [5.74, 6) is 1.10. The first kappa shape index (κ1) is 23.4. The van der Waals surface area contributed by atoms with Gasteiger partial charge in [-0.2, -0.15) is 18.2 Å². The molecular weight excluding hydrogens is 367 g/mol. The highest BCUT2D eigenvalue weighted by atomic mass is 19.4. The van der Waals surface area contributed by atoms with E-state index in [4.69, 9.17) is 0 Å². The molecule has 5 nitrogen and oxygen atoms in total. The van der Waals surface area contributed by atoms with E-state index in [1.165, 1.54) is 13.5 Å². The molecule has 0 aliphatic heterocycles. The molecule has 1 aromatic heterocycles. The maximum atomic E-state index is 12.8. The van der Waals surface area contributed by atoms with Gasteiger partial charge in [0.1, 0.15) is 17.2 Å². The average Bonchev–Trinajstić information content (AvgIpc) is 2.66. The summed E-state index contributed by atoms with van der Waals surface area (Å²) in [5, 5.41) is 5.29. The third-order valence-corrected chi connectivity index (χ3v) is 4.00. The van der Waals surface area contributed by atoms with Crippen molar-refractivity contribution in [2.24, 2.45) is 10.9 Å². The molecule has 1 aromatic carbocycles. The second kappa shape index (κ2) is 10.6. The Kier molecular flexibility index (Phi) is 8.88. The average molecular weight is 395 g/mol. The van der Waals surface area contributed by atoms with E-state index in [1.807, 2.05) is 31.2 Å². The molecular formula is C20H28F3N5. The maximum Gasteiger partial charge on any atom is 0.421 e. The van der Waals surface area contributed by atoms with Crippen molar-refractivity contribution >= 4 is 17.6 Å². The highest BCUT2D eigenvalue weighted by Crippen LogP contribution is 2.33. The predicted molar refractivity (Wildman–Crippen MR) is 109 cm³/mol. The lowest BCUT2D eigenvalue weighted by Gasteiger charge is -2.14. The number of anilines is 2. The van der Waals surface area contributed by atoms with Crippen LogP contribution in [0.4, 0.5) is 24.9 Å². The van der Waals surface area contributed by atoms with Crippen molar-refractivity contribution in [1.82, 2.24) is 9.97 Å². The number of aryl methyl sites for hydroxylation is 1. The summed E-state index contributed by atoms with van der Waals surface area (Å²) in [5.41, 5.74) is 0.877. The Morgan fingerprint density at radius 2 is 1.82 bits per heavy atom. The summed E-state index contributed by atoms with van der Waals surface area (Å²) in [6.45, 7) is 8.56. The van der Waals surface area contributed by atoms with Gasteiger partial charge < -0.3 is 10.6 Å². The standard InChI is InChI=1S/C15H16F3N5.C5H12/c1-9-6-4-5-7-10(9)12(19-2)22-14-21-8-11(15(16,17)18)13(20-3)23-14;1-4-5(2)3/h4-8H,1-3H3,(H2,19,20,21,22,23);5H,4H2,1-3H3. The summed E-state index contributed by atoms with van der Waals surface area (Å²) in [6.07, 6.45) is -2.47. The number of rotatable bonds is 4. The van der Waals surface area contributed by atoms with Gasteiger partial charge >= 0.3 is 6.18 Å². The predicted octanol–water partition coefficient (Wildman–Crippen LogP) is 5.39. The molecule has 0 atom stereocenters. The van der Waals surface area contributed by atoms with Crippen molar-refractivity contribution in [2.45, 2.75) is 40.3 Å². The van der Waals surface area contributed by atoms with Crippen LogP contribution in [0.1, 0.15) is 43.9 Å². The summed E-state index contributed by atoms with van der Waals surface area (Å²) >= 11 is 0. The lowest BCUT2D eigenvalue weighted by Crippen LogP contribution is -2.19. The first-order valence-corrected chi connectivity index (χ1v) is 9.05. The number of halogens is 3. The Morgan fingerprint density at radius 1 is 1.21 bits per heavy atom. The number of aromatic nitrogens is 2. The Balaban J connectivity index is 0.000000696. The fourth-order valence-corrected chi connectivity index (χ4v) is 2.03. The van der Waals surface area contributed by atoms with E-state index in [2.05, 4.69) is 46.4 Å². The molecule has 2 N–H and O–H groups in total. The van der Waals surface area contributed by atoms with Crippen molar-refractivity contribution in [3.63, 3.8) is 0 Å². The Bertz CT molecular complexity index is 786. The number of nitrogens with one attached hydrogen (secondary N) is 2. The van der Waals surface area contributed by atoms with E-state index in [-0.39, 0.29) is 11.8 Å². The first-order chi connectivity index (χ1) is 13.1. The van der Waals surface area contributed by atoms with Crippen LogP contribution >= 0.6 is 0 Å². The Morgan fingerprint density at radius 3 is 2.29 bits per heavy atom. The quantitative estimate of drug-likeness (QED) is 0.538. The lowest BCUT2D eigenvalue weighted by atomic mass is 10.1. The first-order valence-electron chi connectivity index (χ1n) is 9.05. The van der Waals surface area contributed by atoms with Crippen LogP contribution in [0.2, 0.25) is 0 Å². The highest BCUT2D eigenvalue weighted by molar-refractivity contribution is 6.08. The Hall–Kier alpha value is -2.64. The van der Waals surface area contributed by atoms with Crippen molar-refractivity contribution in [3.05, 3.63) is 47.2 Å². The van der Waals surface area contributed by atoms with E-state index in [0.29, 0.717) is 5.84 Å². The molecule has 0 fully saturated rings. The summed E-state index contributed by atoms with van der Waals surface area (Å²) in [4.78, 5) is 11.7. The van der Waals surface area contributed by atoms with Gasteiger partial charge in [-0.3, -0.25) is 4.99 Å². The fraction of sp³-hybridized carbons (Fsp3) is 0.450. The highest BCUT2D eigenvalue weighted by Gasteiger charge is 2.35. The molecule has 2 rings (SSSR count). The number of benzene rings is 1. The smallest absolute Gasteiger partial charge is 0.372 e. The monoisotopic (exact) mass is 395 g/mol. The molecule has 28 heavy (non-hydrogen) atoms. The third-order valence-electron chi connectivity index (χ3n) is 4.00. The number of amidine groups is 1. The molecule has 0 bridgehead atoms. The van der Waals surface area contributed by atoms with Gasteiger partial charge in [-0.25, -0.2) is 4.98 Å². The third kappa shape index (κ3) is 6.83. The number of nitrogens with zero attached hydrogens (tertiary/aromatic N) is 3. The molecule has 0 spiro atoms. The molecule has 2 aromatic rings. The van der Waals surface area contributed by atoms with Crippen molar-refractivity contribution in [3.8, 4) is 0 Å². The minimum Gasteiger partial charge on any atom is -0.372 e. The normalized spacial score (nSPS) is 11.7. The molecule has 8 heteroatoms. The van der Waals surface area contributed by atoms with Gasteiger partial charge in [0.05, 0.1) is 0 Å². The van der Waals surface area contributed by atoms with Crippen LogP contribution < -0.4 is 10.6 Å². The van der Waals surface area contributed by atoms with E-state index in [9.17, 15) is 13.2 Å². The van der Waals surface area contributed by atoms with Gasteiger partial charge in [-0.05, 0) is 18.4 Å². The van der Waals surface area contributed by atoms with Gasteiger partial charge in [0, 0.05) is 25.9 Å². The van der Waals surface area contributed by atoms with Gasteiger partial charge in [0.2, 0.25) is 5.95 Å². The number of hydrogen-bond donors (Lipinski definition) is 2. The van der Waals surface area contributed by atoms with E-state index in [0.717, 1.165) is 23.2 Å². The zero-order valence-electron chi connectivity index (χ0n) is 17.1. The van der Waals surface area contributed by atoms with Crippen LogP contribution in [0.25, 0.3) is 0 Å². The van der Waals surface area contributed by atoms with Crippen molar-refractivity contribution in [2.75, 3.05) is 24.7 Å². The molecule has 0 aliphatic rings. The molecule has 0 aliphatic carbocycles. The van der Waals surface area contributed by atoms with Crippen LogP contribution in [0.5, 0.6) is 0 Å². The maximum absolute atomic E-state index is 12.8. The van der Waals surface area contributed by atoms with Gasteiger partial charge in [0.25, 0.3) is 0 Å². The number of alkyl halides is 3. The fourth-order valence-electron chi connectivity index (χ4n) is 2.03. The molecule has 1 heterocycles. The summed E-state index contributed by atoms with van der Waals surface area (Å²) in [6, 6.07) is 7.50. The molecule has 0 saturated heterocycles. The molecule has 154 valence electrons. The lowest BCUT2D eigenvalue weighted by molar-refractivity contribution is -0.137. The zero-order chi connectivity index (χ0) is 21.3. The Labute approximate surface area is 164 Å². The van der Waals surface area contributed by atoms with E-state index < -0.39 is 11.7 Å². The summed E-state index contributed by atoms with van der Waals surface area (Å²) in [7, 11) is 2.95. The van der Waals surface area contributed by atoms with E-state index in [1.54, 1.807) is 7.05 Å². The molecule has 0 unspecified atom stereocenters. The second-order valence-electron chi connectivity index (χ2n) is 6.52.